The number of hydrogen-bond donors (Lipinski definition) is 0. The summed E-state index contributed by atoms with van der Waals surface area (Å²) in [6, 6.07) is 17.8. The molecule has 1 heteroatoms. The Morgan fingerprint density at radius 2 is 1.70 bits per heavy atom. The molecule has 0 heterocycles. The van der Waals surface area contributed by atoms with Gasteiger partial charge in [-0.3, -0.25) is 0 Å². The van der Waals surface area contributed by atoms with E-state index in [-0.39, 0.29) is 0 Å². The fraction of sp³-hybridized carbons (Fsp3) is 0.368. The zero-order valence-corrected chi connectivity index (χ0v) is 14.8. The van der Waals surface area contributed by atoms with Gasteiger partial charge in [-0.2, -0.15) is 0 Å². The van der Waals surface area contributed by atoms with Crippen LogP contribution in [0.25, 0.3) is 11.1 Å². The maximum atomic E-state index is 2.37. The molecule has 1 unspecified atom stereocenters. The van der Waals surface area contributed by atoms with Gasteiger partial charge in [-0.25, -0.2) is 0 Å². The summed E-state index contributed by atoms with van der Waals surface area (Å²) in [4.78, 5) is 0. The quantitative estimate of drug-likeness (QED) is 0.711. The molecule has 0 radical (unpaired) electrons. The van der Waals surface area contributed by atoms with Crippen molar-refractivity contribution in [2.24, 2.45) is 5.41 Å². The van der Waals surface area contributed by atoms with Gasteiger partial charge in [-0.15, -0.1) is 0 Å². The van der Waals surface area contributed by atoms with E-state index in [4.69, 9.17) is 0 Å². The van der Waals surface area contributed by atoms with Crippen LogP contribution in [0.1, 0.15) is 41.4 Å². The fourth-order valence-electron chi connectivity index (χ4n) is 3.65. The van der Waals surface area contributed by atoms with Gasteiger partial charge in [0, 0.05) is 0 Å². The molecule has 0 N–H and O–H groups in total. The summed E-state index contributed by atoms with van der Waals surface area (Å²) in [6.45, 7) is 4.74. The summed E-state index contributed by atoms with van der Waals surface area (Å²) >= 11 is 1.67. The van der Waals surface area contributed by atoms with Crippen molar-refractivity contribution in [2.45, 2.75) is 36.7 Å². The van der Waals surface area contributed by atoms with E-state index < -0.39 is 0 Å². The molecule has 0 aliphatic heterocycles. The normalized spacial score (nSPS) is 19.8. The molecule has 0 nitrogen and oxygen atoms in total. The Balaban J connectivity index is 2.13. The minimum absolute atomic E-state index is 0.505. The summed E-state index contributed by atoms with van der Waals surface area (Å²) in [5.41, 5.74) is 6.57. The molecule has 2 aromatic carbocycles. The van der Waals surface area contributed by atoms with Crippen LogP contribution < -0.4 is 0 Å². The molecule has 1 atom stereocenters. The standard InChI is InChI=1S/C19H21.Zr/c1-3-19(4-2)13-16-11-8-12-17(18(16)14-19)15-9-6-5-7-10-15;/h5-13H,3-4,14H2,1-2H3;. The summed E-state index contributed by atoms with van der Waals surface area (Å²) in [7, 11) is 0. The molecule has 0 saturated heterocycles. The first-order chi connectivity index (χ1) is 9.72. The summed E-state index contributed by atoms with van der Waals surface area (Å²) in [6.07, 6.45) is 3.85. The molecule has 101 valence electrons. The SMILES string of the molecule is CCC1(CC)Cc2c(-c3ccccc3)cccc2[CH]1[Zr]. The van der Waals surface area contributed by atoms with Crippen LogP contribution in [-0.2, 0) is 31.1 Å². The molecule has 0 spiro atoms. The number of fused-ring (bicyclic) bond motifs is 1. The predicted octanol–water partition coefficient (Wildman–Crippen LogP) is 5.30. The molecule has 0 aromatic heterocycles. The third kappa shape index (κ3) is 2.15. The van der Waals surface area contributed by atoms with Crippen molar-refractivity contribution in [1.29, 1.82) is 0 Å². The van der Waals surface area contributed by atoms with E-state index >= 15 is 0 Å². The second-order valence-electron chi connectivity index (χ2n) is 5.92. The minimum atomic E-state index is 0.505. The molecule has 0 bridgehead atoms. The molecule has 2 aromatic rings. The van der Waals surface area contributed by atoms with Crippen molar-refractivity contribution in [3.63, 3.8) is 0 Å². The van der Waals surface area contributed by atoms with Crippen LogP contribution in [0.15, 0.2) is 48.5 Å². The second kappa shape index (κ2) is 5.60. The fourth-order valence-corrected chi connectivity index (χ4v) is 5.57. The Morgan fingerprint density at radius 1 is 1.00 bits per heavy atom. The number of benzene rings is 2. The van der Waals surface area contributed by atoms with Gasteiger partial charge in [-0.1, -0.05) is 0 Å². The Hall–Kier alpha value is -0.677. The van der Waals surface area contributed by atoms with Crippen molar-refractivity contribution < 1.29 is 24.7 Å². The predicted molar refractivity (Wildman–Crippen MR) is 81.3 cm³/mol. The first-order valence-electron chi connectivity index (χ1n) is 7.60. The molecule has 3 rings (SSSR count). The van der Waals surface area contributed by atoms with E-state index in [1.54, 1.807) is 35.8 Å². The Kier molecular flexibility index (Phi) is 4.00. The molecule has 20 heavy (non-hydrogen) atoms. The van der Waals surface area contributed by atoms with Crippen LogP contribution in [0.4, 0.5) is 0 Å². The third-order valence-electron chi connectivity index (χ3n) is 5.16. The second-order valence-corrected chi connectivity index (χ2v) is 7.34. The third-order valence-corrected chi connectivity index (χ3v) is 7.43. The van der Waals surface area contributed by atoms with E-state index in [2.05, 4.69) is 62.4 Å². The zero-order valence-electron chi connectivity index (χ0n) is 12.3. The van der Waals surface area contributed by atoms with E-state index in [0.717, 1.165) is 3.63 Å². The summed E-state index contributed by atoms with van der Waals surface area (Å²) in [5.74, 6) is 0. The maximum absolute atomic E-state index is 2.37. The Morgan fingerprint density at radius 3 is 2.35 bits per heavy atom. The van der Waals surface area contributed by atoms with Gasteiger partial charge < -0.3 is 0 Å². The van der Waals surface area contributed by atoms with Gasteiger partial charge in [0.1, 0.15) is 0 Å². The average molecular weight is 341 g/mol. The van der Waals surface area contributed by atoms with Gasteiger partial charge in [0.2, 0.25) is 0 Å². The van der Waals surface area contributed by atoms with Crippen LogP contribution in [0.3, 0.4) is 0 Å². The van der Waals surface area contributed by atoms with Gasteiger partial charge in [-0.05, 0) is 0 Å². The van der Waals surface area contributed by atoms with Crippen LogP contribution in [0.2, 0.25) is 0 Å². The molecule has 1 aliphatic rings. The van der Waals surface area contributed by atoms with Crippen LogP contribution in [0.5, 0.6) is 0 Å². The zero-order chi connectivity index (χ0) is 14.2. The number of rotatable bonds is 3. The van der Waals surface area contributed by atoms with Crippen LogP contribution in [0, 0.1) is 5.41 Å². The van der Waals surface area contributed by atoms with Crippen molar-refractivity contribution in [1.82, 2.24) is 0 Å². The van der Waals surface area contributed by atoms with Gasteiger partial charge in [0.15, 0.2) is 0 Å². The van der Waals surface area contributed by atoms with E-state index in [0.29, 0.717) is 5.41 Å². The molecule has 0 amide bonds. The van der Waals surface area contributed by atoms with E-state index in [1.807, 2.05) is 0 Å². The van der Waals surface area contributed by atoms with Gasteiger partial charge >= 0.3 is 138 Å². The number of hydrogen-bond acceptors (Lipinski definition) is 0. The average Bonchev–Trinajstić information content (AvgIpc) is 2.81. The summed E-state index contributed by atoms with van der Waals surface area (Å²) in [5, 5.41) is 0. The molecule has 0 saturated carbocycles. The topological polar surface area (TPSA) is 0 Å². The Bertz CT molecular complexity index is 596. The first kappa shape index (κ1) is 14.3. The van der Waals surface area contributed by atoms with Crippen molar-refractivity contribution in [3.8, 4) is 11.1 Å². The summed E-state index contributed by atoms with van der Waals surface area (Å²) < 4.78 is 0.767. The van der Waals surface area contributed by atoms with Crippen molar-refractivity contribution >= 4 is 0 Å². The van der Waals surface area contributed by atoms with Gasteiger partial charge in [0.25, 0.3) is 0 Å². The van der Waals surface area contributed by atoms with Crippen LogP contribution in [-0.4, -0.2) is 0 Å². The molecule has 1 aliphatic carbocycles. The molecular formula is C19H21Zr. The van der Waals surface area contributed by atoms with E-state index in [9.17, 15) is 0 Å². The molecular weight excluding hydrogens is 319 g/mol. The molecule has 0 fully saturated rings. The van der Waals surface area contributed by atoms with Crippen molar-refractivity contribution in [3.05, 3.63) is 59.7 Å². The first-order valence-corrected chi connectivity index (χ1v) is 9.02. The monoisotopic (exact) mass is 339 g/mol. The van der Waals surface area contributed by atoms with Gasteiger partial charge in [0.05, 0.1) is 0 Å². The van der Waals surface area contributed by atoms with E-state index in [1.165, 1.54) is 30.4 Å². The Labute approximate surface area is 137 Å². The van der Waals surface area contributed by atoms with Crippen molar-refractivity contribution in [2.75, 3.05) is 0 Å². The van der Waals surface area contributed by atoms with Crippen LogP contribution >= 0.6 is 0 Å².